The standard InChI is InChI=1S/C15H15BrN6O2S/c1-21-7-9(5-18-21)4-17-15(24)13-11(6-19-22(13)2)20-14(23)12-3-10(16)8-25-12/h3,5-8H,4H2,1-2H3,(H,17,24)(H,20,23). The smallest absolute Gasteiger partial charge is 0.271 e. The molecule has 3 aromatic heterocycles. The summed E-state index contributed by atoms with van der Waals surface area (Å²) in [6.07, 6.45) is 4.96. The molecule has 0 aliphatic heterocycles. The lowest BCUT2D eigenvalue weighted by Crippen LogP contribution is -2.26. The topological polar surface area (TPSA) is 93.8 Å². The van der Waals surface area contributed by atoms with Gasteiger partial charge in [0.25, 0.3) is 11.8 Å². The third kappa shape index (κ3) is 3.97. The Kier molecular flexibility index (Phi) is 5.00. The first-order valence-corrected chi connectivity index (χ1v) is 8.94. The van der Waals surface area contributed by atoms with Gasteiger partial charge in [0.2, 0.25) is 0 Å². The SMILES string of the molecule is Cn1cc(CNC(=O)c2c(NC(=O)c3cc(Br)cs3)cnn2C)cn1. The van der Waals surface area contributed by atoms with Gasteiger partial charge < -0.3 is 10.6 Å². The fourth-order valence-corrected chi connectivity index (χ4v) is 3.57. The number of hydrogen-bond acceptors (Lipinski definition) is 5. The van der Waals surface area contributed by atoms with Gasteiger partial charge in [-0.05, 0) is 22.0 Å². The van der Waals surface area contributed by atoms with Crippen molar-refractivity contribution >= 4 is 44.8 Å². The molecule has 0 bridgehead atoms. The van der Waals surface area contributed by atoms with Crippen LogP contribution in [0.25, 0.3) is 0 Å². The van der Waals surface area contributed by atoms with Gasteiger partial charge in [0.1, 0.15) is 5.69 Å². The van der Waals surface area contributed by atoms with Crippen molar-refractivity contribution in [3.63, 3.8) is 0 Å². The molecule has 10 heteroatoms. The number of aromatic nitrogens is 4. The molecule has 3 aromatic rings. The Morgan fingerprint density at radius 3 is 2.68 bits per heavy atom. The normalized spacial score (nSPS) is 10.7. The number of hydrogen-bond donors (Lipinski definition) is 2. The van der Waals surface area contributed by atoms with E-state index in [1.165, 1.54) is 22.2 Å². The highest BCUT2D eigenvalue weighted by Crippen LogP contribution is 2.22. The van der Waals surface area contributed by atoms with Gasteiger partial charge in [-0.1, -0.05) is 0 Å². The molecule has 0 aromatic carbocycles. The van der Waals surface area contributed by atoms with Crippen LogP contribution in [-0.2, 0) is 20.6 Å². The highest BCUT2D eigenvalue weighted by molar-refractivity contribution is 9.10. The number of carbonyl (C=O) groups is 2. The van der Waals surface area contributed by atoms with E-state index >= 15 is 0 Å². The van der Waals surface area contributed by atoms with Crippen molar-refractivity contribution in [1.82, 2.24) is 24.9 Å². The lowest BCUT2D eigenvalue weighted by molar-refractivity contribution is 0.0942. The molecule has 3 rings (SSSR count). The number of carbonyl (C=O) groups excluding carboxylic acids is 2. The molecule has 0 unspecified atom stereocenters. The summed E-state index contributed by atoms with van der Waals surface area (Å²) in [7, 11) is 3.46. The lowest BCUT2D eigenvalue weighted by atomic mass is 10.3. The molecule has 25 heavy (non-hydrogen) atoms. The molecule has 3 heterocycles. The molecule has 0 spiro atoms. The maximum Gasteiger partial charge on any atom is 0.271 e. The highest BCUT2D eigenvalue weighted by atomic mass is 79.9. The number of anilines is 1. The van der Waals surface area contributed by atoms with Crippen LogP contribution in [0, 0.1) is 0 Å². The summed E-state index contributed by atoms with van der Waals surface area (Å²) in [4.78, 5) is 25.3. The summed E-state index contributed by atoms with van der Waals surface area (Å²) in [6.45, 7) is 0.336. The van der Waals surface area contributed by atoms with Crippen LogP contribution in [0.15, 0.2) is 34.5 Å². The number of halogens is 1. The molecule has 0 fully saturated rings. The molecule has 0 aliphatic rings. The zero-order valence-corrected chi connectivity index (χ0v) is 15.9. The van der Waals surface area contributed by atoms with E-state index in [-0.39, 0.29) is 17.5 Å². The van der Waals surface area contributed by atoms with Crippen LogP contribution in [0.2, 0.25) is 0 Å². The number of nitrogens with one attached hydrogen (secondary N) is 2. The van der Waals surface area contributed by atoms with Crippen molar-refractivity contribution in [2.24, 2.45) is 14.1 Å². The predicted molar refractivity (Wildman–Crippen MR) is 97.6 cm³/mol. The van der Waals surface area contributed by atoms with Gasteiger partial charge in [-0.2, -0.15) is 10.2 Å². The molecule has 0 saturated carbocycles. The van der Waals surface area contributed by atoms with Crippen molar-refractivity contribution in [2.75, 3.05) is 5.32 Å². The predicted octanol–water partition coefficient (Wildman–Crippen LogP) is 2.16. The van der Waals surface area contributed by atoms with E-state index in [4.69, 9.17) is 0 Å². The Morgan fingerprint density at radius 1 is 1.24 bits per heavy atom. The highest BCUT2D eigenvalue weighted by Gasteiger charge is 2.19. The van der Waals surface area contributed by atoms with Crippen LogP contribution in [0.4, 0.5) is 5.69 Å². The third-order valence-electron chi connectivity index (χ3n) is 3.40. The van der Waals surface area contributed by atoms with Crippen molar-refractivity contribution in [3.05, 3.63) is 50.6 Å². The second kappa shape index (κ2) is 7.19. The monoisotopic (exact) mass is 422 g/mol. The fourth-order valence-electron chi connectivity index (χ4n) is 2.24. The Labute approximate surface area is 156 Å². The van der Waals surface area contributed by atoms with Crippen LogP contribution in [0.3, 0.4) is 0 Å². The van der Waals surface area contributed by atoms with Gasteiger partial charge in [0, 0.05) is 42.3 Å². The van der Waals surface area contributed by atoms with Crippen molar-refractivity contribution in [1.29, 1.82) is 0 Å². The first kappa shape index (κ1) is 17.4. The summed E-state index contributed by atoms with van der Waals surface area (Å²) < 4.78 is 3.93. The van der Waals surface area contributed by atoms with E-state index < -0.39 is 0 Å². The minimum Gasteiger partial charge on any atom is -0.346 e. The molecule has 0 radical (unpaired) electrons. The third-order valence-corrected chi connectivity index (χ3v) is 5.09. The second-order valence-electron chi connectivity index (χ2n) is 5.32. The number of thiophene rings is 1. The average Bonchev–Trinajstić information content (AvgIpc) is 3.26. The van der Waals surface area contributed by atoms with Crippen LogP contribution in [-0.4, -0.2) is 31.4 Å². The zero-order valence-electron chi connectivity index (χ0n) is 13.5. The van der Waals surface area contributed by atoms with Crippen LogP contribution in [0.5, 0.6) is 0 Å². The zero-order chi connectivity index (χ0) is 18.0. The fraction of sp³-hybridized carbons (Fsp3) is 0.200. The molecule has 0 aliphatic carbocycles. The maximum absolute atomic E-state index is 12.5. The number of nitrogens with zero attached hydrogens (tertiary/aromatic N) is 4. The molecule has 0 saturated heterocycles. The number of aryl methyl sites for hydroxylation is 2. The van der Waals surface area contributed by atoms with E-state index in [9.17, 15) is 9.59 Å². The first-order valence-electron chi connectivity index (χ1n) is 7.27. The average molecular weight is 423 g/mol. The summed E-state index contributed by atoms with van der Waals surface area (Å²) in [5, 5.41) is 15.5. The van der Waals surface area contributed by atoms with E-state index in [2.05, 4.69) is 36.8 Å². The lowest BCUT2D eigenvalue weighted by Gasteiger charge is -2.08. The van der Waals surface area contributed by atoms with Crippen LogP contribution < -0.4 is 10.6 Å². The summed E-state index contributed by atoms with van der Waals surface area (Å²) in [5.41, 5.74) is 1.53. The molecular weight excluding hydrogens is 408 g/mol. The molecule has 130 valence electrons. The van der Waals surface area contributed by atoms with Crippen LogP contribution in [0.1, 0.15) is 25.7 Å². The minimum atomic E-state index is -0.327. The van der Waals surface area contributed by atoms with Crippen molar-refractivity contribution in [3.8, 4) is 0 Å². The first-order chi connectivity index (χ1) is 11.9. The van der Waals surface area contributed by atoms with E-state index in [0.717, 1.165) is 10.0 Å². The van der Waals surface area contributed by atoms with Gasteiger partial charge in [-0.3, -0.25) is 19.0 Å². The van der Waals surface area contributed by atoms with Crippen molar-refractivity contribution in [2.45, 2.75) is 6.54 Å². The quantitative estimate of drug-likeness (QED) is 0.658. The summed E-state index contributed by atoms with van der Waals surface area (Å²) in [5.74, 6) is -0.614. The van der Waals surface area contributed by atoms with Gasteiger partial charge in [0.05, 0.1) is 23.0 Å². The minimum absolute atomic E-state index is 0.285. The molecule has 0 atom stereocenters. The van der Waals surface area contributed by atoms with E-state index in [1.54, 1.807) is 24.0 Å². The van der Waals surface area contributed by atoms with Gasteiger partial charge >= 0.3 is 0 Å². The van der Waals surface area contributed by atoms with Gasteiger partial charge in [-0.25, -0.2) is 0 Å². The summed E-state index contributed by atoms with van der Waals surface area (Å²) >= 11 is 4.63. The molecule has 8 nitrogen and oxygen atoms in total. The maximum atomic E-state index is 12.5. The number of amides is 2. The number of rotatable bonds is 5. The van der Waals surface area contributed by atoms with Crippen molar-refractivity contribution < 1.29 is 9.59 Å². The Bertz CT molecular complexity index is 928. The Balaban J connectivity index is 1.72. The largest absolute Gasteiger partial charge is 0.346 e. The summed E-state index contributed by atoms with van der Waals surface area (Å²) in [6, 6.07) is 1.72. The molecule has 2 N–H and O–H groups in total. The Hall–Kier alpha value is -2.46. The van der Waals surface area contributed by atoms with E-state index in [1.807, 2.05) is 18.6 Å². The molecule has 2 amide bonds. The molecular formula is C15H15BrN6O2S. The van der Waals surface area contributed by atoms with Gasteiger partial charge in [-0.15, -0.1) is 11.3 Å². The van der Waals surface area contributed by atoms with E-state index in [0.29, 0.717) is 17.1 Å². The second-order valence-corrected chi connectivity index (χ2v) is 7.15. The van der Waals surface area contributed by atoms with Crippen LogP contribution >= 0.6 is 27.3 Å². The van der Waals surface area contributed by atoms with Gasteiger partial charge in [0.15, 0.2) is 0 Å². The Morgan fingerprint density at radius 2 is 2.04 bits per heavy atom.